The number of aromatic amines is 1. The van der Waals surface area contributed by atoms with Crippen molar-refractivity contribution in [3.63, 3.8) is 0 Å². The number of hydrogen-bond acceptors (Lipinski definition) is 5. The zero-order valence-corrected chi connectivity index (χ0v) is 28.2. The maximum Gasteiger partial charge on any atom is 0.326 e. The fourth-order valence-corrected chi connectivity index (χ4v) is 8.22. The minimum absolute atomic E-state index is 0.0312. The molecule has 0 spiro atoms. The fraction of sp³-hybridized carbons (Fsp3) is 0.556. The third-order valence-corrected chi connectivity index (χ3v) is 11.0. The number of carbonyl (C=O) groups is 3. The number of hydrogen-bond donors (Lipinski definition) is 3. The molecule has 256 valence electrons. The third kappa shape index (κ3) is 6.54. The van der Waals surface area contributed by atoms with E-state index in [1.54, 1.807) is 16.5 Å². The lowest BCUT2D eigenvalue weighted by Crippen LogP contribution is -2.57. The van der Waals surface area contributed by atoms with Crippen molar-refractivity contribution in [1.29, 1.82) is 0 Å². The van der Waals surface area contributed by atoms with Crippen LogP contribution in [0.4, 0.5) is 15.3 Å². The van der Waals surface area contributed by atoms with Crippen LogP contribution in [0.3, 0.4) is 0 Å². The molecular formula is C36H48N8O4. The van der Waals surface area contributed by atoms with E-state index in [1.807, 2.05) is 53.1 Å². The maximum absolute atomic E-state index is 14.2. The normalized spacial score (nSPS) is 20.5. The Hall–Kier alpha value is -4.32. The first-order chi connectivity index (χ1) is 23.2. The summed E-state index contributed by atoms with van der Waals surface area (Å²) in [5, 5.41) is 6.13. The highest BCUT2D eigenvalue weighted by Gasteiger charge is 2.35. The molecule has 12 nitrogen and oxygen atoms in total. The average molecular weight is 657 g/mol. The van der Waals surface area contributed by atoms with Gasteiger partial charge in [-0.1, -0.05) is 30.7 Å². The predicted octanol–water partition coefficient (Wildman–Crippen LogP) is 3.78. The van der Waals surface area contributed by atoms with E-state index in [4.69, 9.17) is 0 Å². The molecule has 5 heterocycles. The van der Waals surface area contributed by atoms with Crippen molar-refractivity contribution in [2.45, 2.75) is 83.0 Å². The van der Waals surface area contributed by atoms with Gasteiger partial charge in [-0.15, -0.1) is 0 Å². The standard InChI is InChI=1S/C36H48N8O4/c1-24-20-25(22-31-32(24)39-34(46)40(31)2)21-30(33(45)42-16-10-27(11-17-42)41-14-6-3-7-15-41)38-35(47)43-18-12-28(13-19-43)44-23-26-8-4-5-9-29(26)37-36(44)48/h4-5,8-9,20,22,27-28,30H,3,6-7,10-19,21,23H2,1-2H3,(H,37,48)(H,38,47)(H,39,46). The number of carbonyl (C=O) groups excluding carboxylic acids is 3. The second kappa shape index (κ2) is 13.7. The van der Waals surface area contributed by atoms with Crippen LogP contribution in [0.15, 0.2) is 41.2 Å². The summed E-state index contributed by atoms with van der Waals surface area (Å²) in [4.78, 5) is 64.3. The minimum Gasteiger partial charge on any atom is -0.341 e. The van der Waals surface area contributed by atoms with E-state index < -0.39 is 6.04 Å². The van der Waals surface area contributed by atoms with Gasteiger partial charge >= 0.3 is 17.8 Å². The lowest BCUT2D eigenvalue weighted by molar-refractivity contribution is -0.134. The molecule has 3 fully saturated rings. The Morgan fingerprint density at radius 2 is 1.58 bits per heavy atom. The van der Waals surface area contributed by atoms with Crippen molar-refractivity contribution < 1.29 is 14.4 Å². The molecule has 3 aromatic rings. The lowest BCUT2D eigenvalue weighted by atomic mass is 9.97. The Balaban J connectivity index is 1.03. The van der Waals surface area contributed by atoms with Gasteiger partial charge in [-0.25, -0.2) is 14.4 Å². The fourth-order valence-electron chi connectivity index (χ4n) is 8.22. The minimum atomic E-state index is -0.737. The number of anilines is 1. The van der Waals surface area contributed by atoms with Crippen LogP contribution in [0, 0.1) is 6.92 Å². The quantitative estimate of drug-likeness (QED) is 0.373. The molecular weight excluding hydrogens is 608 g/mol. The van der Waals surface area contributed by atoms with Gasteiger partial charge in [0, 0.05) is 64.0 Å². The van der Waals surface area contributed by atoms with Gasteiger partial charge < -0.3 is 35.2 Å². The molecule has 1 atom stereocenters. The molecule has 7 rings (SSSR count). The van der Waals surface area contributed by atoms with E-state index in [0.717, 1.165) is 59.3 Å². The zero-order chi connectivity index (χ0) is 33.4. The number of aryl methyl sites for hydroxylation is 2. The van der Waals surface area contributed by atoms with E-state index in [1.165, 1.54) is 19.3 Å². The summed E-state index contributed by atoms with van der Waals surface area (Å²) in [5.41, 5.74) is 5.14. The predicted molar refractivity (Wildman–Crippen MR) is 185 cm³/mol. The Morgan fingerprint density at radius 1 is 0.896 bits per heavy atom. The SMILES string of the molecule is Cc1cc(CC(NC(=O)N2CCC(N3Cc4ccccc4NC3=O)CC2)C(=O)N2CCC(N3CCCCC3)CC2)cc2c1[nH]c(=O)n2C. The largest absolute Gasteiger partial charge is 0.341 e. The molecule has 4 aliphatic rings. The second-order valence-electron chi connectivity index (χ2n) is 14.1. The van der Waals surface area contributed by atoms with Crippen molar-refractivity contribution >= 4 is 34.7 Å². The summed E-state index contributed by atoms with van der Waals surface area (Å²) >= 11 is 0. The van der Waals surface area contributed by atoms with Crippen LogP contribution in [-0.4, -0.2) is 105 Å². The molecule has 5 amide bonds. The molecule has 0 saturated carbocycles. The van der Waals surface area contributed by atoms with Crippen LogP contribution < -0.4 is 16.3 Å². The zero-order valence-electron chi connectivity index (χ0n) is 28.2. The van der Waals surface area contributed by atoms with Crippen molar-refractivity contribution in [2.24, 2.45) is 7.05 Å². The summed E-state index contributed by atoms with van der Waals surface area (Å²) in [6.45, 7) is 7.17. The van der Waals surface area contributed by atoms with Crippen molar-refractivity contribution in [2.75, 3.05) is 44.6 Å². The summed E-state index contributed by atoms with van der Waals surface area (Å²) in [6, 6.07) is 11.3. The Morgan fingerprint density at radius 3 is 2.33 bits per heavy atom. The van der Waals surface area contributed by atoms with Crippen LogP contribution in [0.25, 0.3) is 11.0 Å². The number of fused-ring (bicyclic) bond motifs is 2. The Kier molecular flexibility index (Phi) is 9.17. The van der Waals surface area contributed by atoms with Crippen LogP contribution in [0.5, 0.6) is 0 Å². The van der Waals surface area contributed by atoms with Gasteiger partial charge in [0.2, 0.25) is 5.91 Å². The molecule has 0 radical (unpaired) electrons. The number of likely N-dealkylation sites (tertiary alicyclic amines) is 3. The molecule has 3 N–H and O–H groups in total. The van der Waals surface area contributed by atoms with E-state index in [2.05, 4.69) is 20.5 Å². The van der Waals surface area contributed by atoms with Crippen LogP contribution in [0.1, 0.15) is 61.6 Å². The van der Waals surface area contributed by atoms with Gasteiger partial charge in [0.25, 0.3) is 0 Å². The monoisotopic (exact) mass is 656 g/mol. The number of nitrogens with zero attached hydrogens (tertiary/aromatic N) is 5. The van der Waals surface area contributed by atoms with Crippen LogP contribution in [0.2, 0.25) is 0 Å². The van der Waals surface area contributed by atoms with E-state index in [-0.39, 0.29) is 29.7 Å². The average Bonchev–Trinajstić information content (AvgIpc) is 3.40. The number of piperidine rings is 3. The number of amides is 5. The molecule has 0 bridgehead atoms. The number of nitrogens with one attached hydrogen (secondary N) is 3. The van der Waals surface area contributed by atoms with E-state index in [0.29, 0.717) is 58.0 Å². The molecule has 3 saturated heterocycles. The number of H-pyrrole nitrogens is 1. The summed E-state index contributed by atoms with van der Waals surface area (Å²) in [6.07, 6.45) is 7.37. The van der Waals surface area contributed by atoms with E-state index in [9.17, 15) is 19.2 Å². The van der Waals surface area contributed by atoms with Gasteiger partial charge in [0.1, 0.15) is 6.04 Å². The first-order valence-corrected chi connectivity index (χ1v) is 17.7. The summed E-state index contributed by atoms with van der Waals surface area (Å²) in [5.74, 6) is -0.0558. The van der Waals surface area contributed by atoms with Gasteiger partial charge in [0.15, 0.2) is 0 Å². The van der Waals surface area contributed by atoms with Crippen molar-refractivity contribution in [3.8, 4) is 0 Å². The highest BCUT2D eigenvalue weighted by atomic mass is 16.2. The number of imidazole rings is 1. The molecule has 48 heavy (non-hydrogen) atoms. The molecule has 4 aliphatic heterocycles. The first kappa shape index (κ1) is 32.2. The molecule has 2 aromatic carbocycles. The number of para-hydroxylation sites is 1. The number of aromatic nitrogens is 2. The molecule has 12 heteroatoms. The van der Waals surface area contributed by atoms with Crippen LogP contribution in [-0.2, 0) is 24.8 Å². The summed E-state index contributed by atoms with van der Waals surface area (Å²) < 4.78 is 1.58. The van der Waals surface area contributed by atoms with Crippen LogP contribution >= 0.6 is 0 Å². The molecule has 1 unspecified atom stereocenters. The number of benzene rings is 2. The Bertz CT molecular complexity index is 1730. The second-order valence-corrected chi connectivity index (χ2v) is 14.1. The van der Waals surface area contributed by atoms with Gasteiger partial charge in [-0.2, -0.15) is 0 Å². The third-order valence-electron chi connectivity index (χ3n) is 11.0. The molecule has 1 aromatic heterocycles. The van der Waals surface area contributed by atoms with Crippen molar-refractivity contribution in [1.82, 2.24) is 34.5 Å². The maximum atomic E-state index is 14.2. The highest BCUT2D eigenvalue weighted by Crippen LogP contribution is 2.28. The van der Waals surface area contributed by atoms with Gasteiger partial charge in [-0.3, -0.25) is 9.36 Å². The highest BCUT2D eigenvalue weighted by molar-refractivity contribution is 5.92. The topological polar surface area (TPSA) is 126 Å². The number of rotatable bonds is 6. The summed E-state index contributed by atoms with van der Waals surface area (Å²) in [7, 11) is 1.73. The van der Waals surface area contributed by atoms with E-state index >= 15 is 0 Å². The first-order valence-electron chi connectivity index (χ1n) is 17.7. The smallest absolute Gasteiger partial charge is 0.326 e. The number of urea groups is 2. The Labute approximate surface area is 281 Å². The molecule has 0 aliphatic carbocycles. The van der Waals surface area contributed by atoms with Gasteiger partial charge in [-0.05, 0) is 87.4 Å². The van der Waals surface area contributed by atoms with Gasteiger partial charge in [0.05, 0.1) is 11.0 Å². The lowest BCUT2D eigenvalue weighted by Gasteiger charge is -2.42. The van der Waals surface area contributed by atoms with Crippen molar-refractivity contribution in [3.05, 3.63) is 63.6 Å².